The number of nitrogens with zero attached hydrogens (tertiary/aromatic N) is 4. The highest BCUT2D eigenvalue weighted by atomic mass is 16.2. The molecule has 2 heterocycles. The van der Waals surface area contributed by atoms with E-state index in [9.17, 15) is 9.59 Å². The SMILES string of the molecule is CC(C)NCC(=O)N(C)c1ccc2c(c1)N(C(=O)c1ccnn1C)CC2. The van der Waals surface area contributed by atoms with Crippen LogP contribution in [0.1, 0.15) is 29.9 Å². The van der Waals surface area contributed by atoms with Gasteiger partial charge in [0, 0.05) is 44.3 Å². The number of aromatic nitrogens is 2. The second-order valence-electron chi connectivity index (χ2n) is 6.85. The van der Waals surface area contributed by atoms with Crippen LogP contribution in [0, 0.1) is 0 Å². The third-order valence-corrected chi connectivity index (χ3v) is 4.67. The van der Waals surface area contributed by atoms with Crippen LogP contribution in [0.25, 0.3) is 0 Å². The molecule has 1 aliphatic heterocycles. The van der Waals surface area contributed by atoms with E-state index < -0.39 is 0 Å². The Labute approximate surface area is 153 Å². The van der Waals surface area contributed by atoms with Crippen LogP contribution >= 0.6 is 0 Å². The maximum absolute atomic E-state index is 12.9. The number of fused-ring (bicyclic) bond motifs is 1. The number of hydrogen-bond donors (Lipinski definition) is 1. The molecule has 2 amide bonds. The number of benzene rings is 1. The lowest BCUT2D eigenvalue weighted by Crippen LogP contribution is -2.38. The van der Waals surface area contributed by atoms with Gasteiger partial charge in [-0.15, -0.1) is 0 Å². The number of carbonyl (C=O) groups is 2. The fourth-order valence-corrected chi connectivity index (χ4v) is 3.06. The van der Waals surface area contributed by atoms with Crippen LogP contribution in [0.2, 0.25) is 0 Å². The second kappa shape index (κ2) is 7.29. The maximum Gasteiger partial charge on any atom is 0.276 e. The van der Waals surface area contributed by atoms with Crippen molar-refractivity contribution in [1.82, 2.24) is 15.1 Å². The van der Waals surface area contributed by atoms with E-state index >= 15 is 0 Å². The van der Waals surface area contributed by atoms with E-state index in [1.54, 1.807) is 40.8 Å². The van der Waals surface area contributed by atoms with Crippen LogP contribution in [-0.4, -0.2) is 47.8 Å². The molecule has 7 heteroatoms. The number of hydrogen-bond acceptors (Lipinski definition) is 4. The summed E-state index contributed by atoms with van der Waals surface area (Å²) in [4.78, 5) is 28.6. The van der Waals surface area contributed by atoms with Crippen LogP contribution < -0.4 is 15.1 Å². The fraction of sp³-hybridized carbons (Fsp3) is 0.421. The predicted molar refractivity (Wildman–Crippen MR) is 102 cm³/mol. The number of aryl methyl sites for hydroxylation is 1. The average Bonchev–Trinajstić information content (AvgIpc) is 3.23. The highest BCUT2D eigenvalue weighted by Gasteiger charge is 2.28. The fourth-order valence-electron chi connectivity index (χ4n) is 3.06. The van der Waals surface area contributed by atoms with E-state index in [0.717, 1.165) is 23.4 Å². The molecular weight excluding hydrogens is 330 g/mol. The molecule has 0 unspecified atom stereocenters. The van der Waals surface area contributed by atoms with Crippen molar-refractivity contribution in [3.05, 3.63) is 41.7 Å². The zero-order valence-corrected chi connectivity index (χ0v) is 15.7. The van der Waals surface area contributed by atoms with Crippen LogP contribution in [0.3, 0.4) is 0 Å². The lowest BCUT2D eigenvalue weighted by molar-refractivity contribution is -0.117. The summed E-state index contributed by atoms with van der Waals surface area (Å²) < 4.78 is 1.58. The Morgan fingerprint density at radius 1 is 1.31 bits per heavy atom. The quantitative estimate of drug-likeness (QED) is 0.884. The molecule has 0 saturated carbocycles. The Balaban J connectivity index is 1.82. The lowest BCUT2D eigenvalue weighted by atomic mass is 10.1. The smallest absolute Gasteiger partial charge is 0.276 e. The number of anilines is 2. The molecule has 7 nitrogen and oxygen atoms in total. The average molecular weight is 355 g/mol. The minimum absolute atomic E-state index is 0.0128. The summed E-state index contributed by atoms with van der Waals surface area (Å²) in [6.45, 7) is 4.92. The van der Waals surface area contributed by atoms with Gasteiger partial charge in [0.15, 0.2) is 0 Å². The number of rotatable bonds is 5. The molecule has 1 N–H and O–H groups in total. The van der Waals surface area contributed by atoms with Crippen molar-refractivity contribution in [3.63, 3.8) is 0 Å². The molecule has 26 heavy (non-hydrogen) atoms. The van der Waals surface area contributed by atoms with Crippen molar-refractivity contribution < 1.29 is 9.59 Å². The van der Waals surface area contributed by atoms with Gasteiger partial charge in [-0.1, -0.05) is 19.9 Å². The van der Waals surface area contributed by atoms with Crippen molar-refractivity contribution in [2.45, 2.75) is 26.3 Å². The van der Waals surface area contributed by atoms with E-state index in [1.165, 1.54) is 0 Å². The molecule has 2 aromatic rings. The second-order valence-corrected chi connectivity index (χ2v) is 6.85. The molecule has 0 aliphatic carbocycles. The summed E-state index contributed by atoms with van der Waals surface area (Å²) >= 11 is 0. The number of amides is 2. The maximum atomic E-state index is 12.9. The van der Waals surface area contributed by atoms with Gasteiger partial charge in [0.2, 0.25) is 5.91 Å². The van der Waals surface area contributed by atoms with Gasteiger partial charge < -0.3 is 15.1 Å². The predicted octanol–water partition coefficient (Wildman–Crippen LogP) is 1.58. The Morgan fingerprint density at radius 2 is 2.08 bits per heavy atom. The monoisotopic (exact) mass is 355 g/mol. The van der Waals surface area contributed by atoms with Crippen molar-refractivity contribution in [2.75, 3.05) is 29.9 Å². The summed E-state index contributed by atoms with van der Waals surface area (Å²) in [5.41, 5.74) is 3.31. The van der Waals surface area contributed by atoms with Gasteiger partial charge in [-0.3, -0.25) is 14.3 Å². The van der Waals surface area contributed by atoms with Gasteiger partial charge in [-0.2, -0.15) is 5.10 Å². The molecule has 138 valence electrons. The molecule has 0 fully saturated rings. The Kier molecular flexibility index (Phi) is 5.08. The first-order valence-electron chi connectivity index (χ1n) is 8.81. The number of carbonyl (C=O) groups excluding carboxylic acids is 2. The molecule has 0 atom stereocenters. The molecule has 0 spiro atoms. The van der Waals surface area contributed by atoms with Crippen LogP contribution in [0.4, 0.5) is 11.4 Å². The van der Waals surface area contributed by atoms with Gasteiger partial charge in [-0.25, -0.2) is 0 Å². The van der Waals surface area contributed by atoms with Crippen LogP contribution in [0.15, 0.2) is 30.5 Å². The first kappa shape index (κ1) is 18.1. The van der Waals surface area contributed by atoms with Gasteiger partial charge >= 0.3 is 0 Å². The van der Waals surface area contributed by atoms with E-state index in [2.05, 4.69) is 10.4 Å². The topological polar surface area (TPSA) is 70.5 Å². The van der Waals surface area contributed by atoms with Crippen molar-refractivity contribution in [2.24, 2.45) is 7.05 Å². The molecule has 0 bridgehead atoms. The Hall–Kier alpha value is -2.67. The molecule has 0 radical (unpaired) electrons. The van der Waals surface area contributed by atoms with Crippen LogP contribution in [0.5, 0.6) is 0 Å². The molecular formula is C19H25N5O2. The van der Waals surface area contributed by atoms with Gasteiger partial charge in [0.05, 0.1) is 6.54 Å². The van der Waals surface area contributed by atoms with E-state index in [4.69, 9.17) is 0 Å². The van der Waals surface area contributed by atoms with Crippen molar-refractivity contribution in [3.8, 4) is 0 Å². The van der Waals surface area contributed by atoms with Crippen molar-refractivity contribution >= 4 is 23.2 Å². The van der Waals surface area contributed by atoms with E-state index in [-0.39, 0.29) is 24.4 Å². The largest absolute Gasteiger partial charge is 0.314 e. The standard InChI is InChI=1S/C19H25N5O2/c1-13(2)20-12-18(25)22(3)15-6-5-14-8-10-24(17(14)11-15)19(26)16-7-9-21-23(16)4/h5-7,9,11,13,20H,8,10,12H2,1-4H3. The Morgan fingerprint density at radius 3 is 2.73 bits per heavy atom. The van der Waals surface area contributed by atoms with Crippen molar-refractivity contribution in [1.29, 1.82) is 0 Å². The van der Waals surface area contributed by atoms with Gasteiger partial charge in [0.1, 0.15) is 5.69 Å². The molecule has 1 aliphatic rings. The highest BCUT2D eigenvalue weighted by Crippen LogP contribution is 2.33. The zero-order valence-electron chi connectivity index (χ0n) is 15.7. The van der Waals surface area contributed by atoms with Crippen LogP contribution in [-0.2, 0) is 18.3 Å². The van der Waals surface area contributed by atoms with E-state index in [0.29, 0.717) is 12.2 Å². The molecule has 1 aromatic carbocycles. The summed E-state index contributed by atoms with van der Waals surface area (Å²) in [5.74, 6) is -0.0856. The zero-order chi connectivity index (χ0) is 18.8. The molecule has 0 saturated heterocycles. The molecule has 3 rings (SSSR count). The third kappa shape index (κ3) is 3.48. The van der Waals surface area contributed by atoms with Gasteiger partial charge in [-0.05, 0) is 30.2 Å². The summed E-state index contributed by atoms with van der Waals surface area (Å²) in [6, 6.07) is 7.83. The normalized spacial score (nSPS) is 13.2. The highest BCUT2D eigenvalue weighted by molar-refractivity contribution is 6.06. The number of likely N-dealkylation sites (N-methyl/N-ethyl adjacent to an activating group) is 1. The summed E-state index contributed by atoms with van der Waals surface area (Å²) in [5, 5.41) is 7.21. The molecule has 1 aromatic heterocycles. The summed E-state index contributed by atoms with van der Waals surface area (Å²) in [6.07, 6.45) is 2.43. The van der Waals surface area contributed by atoms with E-state index in [1.807, 2.05) is 32.0 Å². The first-order valence-corrected chi connectivity index (χ1v) is 8.81. The minimum Gasteiger partial charge on any atom is -0.314 e. The number of nitrogens with one attached hydrogen (secondary N) is 1. The lowest BCUT2D eigenvalue weighted by Gasteiger charge is -2.22. The van der Waals surface area contributed by atoms with Gasteiger partial charge in [0.25, 0.3) is 5.91 Å². The Bertz CT molecular complexity index is 827. The first-order chi connectivity index (χ1) is 12.4. The summed E-state index contributed by atoms with van der Waals surface area (Å²) in [7, 11) is 3.52. The third-order valence-electron chi connectivity index (χ3n) is 4.67. The minimum atomic E-state index is -0.0728.